The summed E-state index contributed by atoms with van der Waals surface area (Å²) in [5, 5.41) is 3.18. The molecule has 0 spiro atoms. The molecule has 114 valence electrons. The van der Waals surface area contributed by atoms with Crippen LogP contribution in [0.4, 0.5) is 13.2 Å². The zero-order chi connectivity index (χ0) is 15.0. The molecule has 0 aliphatic rings. The number of halogens is 3. The molecule has 0 amide bonds. The van der Waals surface area contributed by atoms with Crippen molar-refractivity contribution in [2.45, 2.75) is 39.0 Å². The van der Waals surface area contributed by atoms with Gasteiger partial charge in [-0.1, -0.05) is 31.2 Å². The van der Waals surface area contributed by atoms with Gasteiger partial charge in [0.2, 0.25) is 0 Å². The minimum atomic E-state index is -4.11. The van der Waals surface area contributed by atoms with E-state index < -0.39 is 12.6 Å². The quantitative estimate of drug-likeness (QED) is 0.730. The van der Waals surface area contributed by atoms with E-state index in [0.29, 0.717) is 6.54 Å². The lowest BCUT2D eigenvalue weighted by Gasteiger charge is -2.20. The SMILES string of the molecule is CCNCC(OCCCC(F)(F)F)c1ccccc1C. The Morgan fingerprint density at radius 2 is 1.95 bits per heavy atom. The van der Waals surface area contributed by atoms with Gasteiger partial charge in [-0.2, -0.15) is 13.2 Å². The lowest BCUT2D eigenvalue weighted by Crippen LogP contribution is -2.24. The summed E-state index contributed by atoms with van der Waals surface area (Å²) in [6.07, 6.45) is -5.11. The summed E-state index contributed by atoms with van der Waals surface area (Å²) in [6, 6.07) is 7.79. The Morgan fingerprint density at radius 3 is 2.55 bits per heavy atom. The molecule has 1 atom stereocenters. The van der Waals surface area contributed by atoms with Gasteiger partial charge in [0, 0.05) is 19.6 Å². The van der Waals surface area contributed by atoms with E-state index in [1.807, 2.05) is 38.1 Å². The zero-order valence-corrected chi connectivity index (χ0v) is 12.0. The van der Waals surface area contributed by atoms with Crippen molar-refractivity contribution >= 4 is 0 Å². The van der Waals surface area contributed by atoms with Crippen LogP contribution in [0.5, 0.6) is 0 Å². The number of alkyl halides is 3. The first-order valence-corrected chi connectivity index (χ1v) is 6.88. The lowest BCUT2D eigenvalue weighted by molar-refractivity contribution is -0.138. The van der Waals surface area contributed by atoms with Gasteiger partial charge in [-0.3, -0.25) is 0 Å². The first kappa shape index (κ1) is 17.0. The number of hydrogen-bond acceptors (Lipinski definition) is 2. The highest BCUT2D eigenvalue weighted by atomic mass is 19.4. The molecular formula is C15H22F3NO. The van der Waals surface area contributed by atoms with Crippen LogP contribution in [0.15, 0.2) is 24.3 Å². The molecule has 1 aromatic carbocycles. The molecule has 0 saturated carbocycles. The molecule has 1 aromatic rings. The molecule has 0 fully saturated rings. The van der Waals surface area contributed by atoms with Crippen LogP contribution in [0.3, 0.4) is 0 Å². The number of hydrogen-bond donors (Lipinski definition) is 1. The van der Waals surface area contributed by atoms with E-state index >= 15 is 0 Å². The molecule has 1 unspecified atom stereocenters. The third-order valence-corrected chi connectivity index (χ3v) is 3.04. The minimum Gasteiger partial charge on any atom is -0.372 e. The Kier molecular flexibility index (Phi) is 7.02. The second-order valence-electron chi connectivity index (χ2n) is 4.74. The molecule has 0 saturated heterocycles. The summed E-state index contributed by atoms with van der Waals surface area (Å²) in [5.74, 6) is 0. The monoisotopic (exact) mass is 289 g/mol. The van der Waals surface area contributed by atoms with E-state index in [1.165, 1.54) is 0 Å². The Balaban J connectivity index is 2.55. The van der Waals surface area contributed by atoms with Crippen LogP contribution >= 0.6 is 0 Å². The molecule has 0 aromatic heterocycles. The Labute approximate surface area is 118 Å². The Bertz CT molecular complexity index is 393. The highest BCUT2D eigenvalue weighted by Gasteiger charge is 2.26. The van der Waals surface area contributed by atoms with Crippen LogP contribution in [0.2, 0.25) is 0 Å². The van der Waals surface area contributed by atoms with Gasteiger partial charge in [-0.25, -0.2) is 0 Å². The van der Waals surface area contributed by atoms with Gasteiger partial charge >= 0.3 is 6.18 Å². The number of rotatable bonds is 8. The van der Waals surface area contributed by atoms with E-state index in [-0.39, 0.29) is 19.1 Å². The molecule has 0 bridgehead atoms. The Hall–Kier alpha value is -1.07. The number of aryl methyl sites for hydroxylation is 1. The van der Waals surface area contributed by atoms with Crippen molar-refractivity contribution in [1.29, 1.82) is 0 Å². The van der Waals surface area contributed by atoms with Crippen molar-refractivity contribution in [2.24, 2.45) is 0 Å². The van der Waals surface area contributed by atoms with Crippen molar-refractivity contribution in [3.8, 4) is 0 Å². The van der Waals surface area contributed by atoms with Crippen LogP contribution in [0.25, 0.3) is 0 Å². The van der Waals surface area contributed by atoms with E-state index in [2.05, 4.69) is 5.32 Å². The number of nitrogens with one attached hydrogen (secondary N) is 1. The smallest absolute Gasteiger partial charge is 0.372 e. The average molecular weight is 289 g/mol. The van der Waals surface area contributed by atoms with Crippen molar-refractivity contribution in [3.05, 3.63) is 35.4 Å². The van der Waals surface area contributed by atoms with E-state index in [0.717, 1.165) is 17.7 Å². The normalized spacial score (nSPS) is 13.4. The van der Waals surface area contributed by atoms with Gasteiger partial charge in [-0.05, 0) is 31.0 Å². The molecule has 2 nitrogen and oxygen atoms in total. The van der Waals surface area contributed by atoms with Gasteiger partial charge < -0.3 is 10.1 Å². The fraction of sp³-hybridized carbons (Fsp3) is 0.600. The standard InChI is InChI=1S/C15H22F3NO/c1-3-19-11-14(13-8-5-4-7-12(13)2)20-10-6-9-15(16,17)18/h4-5,7-8,14,19H,3,6,9-11H2,1-2H3. The highest BCUT2D eigenvalue weighted by molar-refractivity contribution is 5.28. The maximum Gasteiger partial charge on any atom is 0.389 e. The molecule has 1 rings (SSSR count). The molecule has 20 heavy (non-hydrogen) atoms. The third kappa shape index (κ3) is 6.39. The molecular weight excluding hydrogens is 267 g/mol. The van der Waals surface area contributed by atoms with Crippen LogP contribution in [-0.2, 0) is 4.74 Å². The Morgan fingerprint density at radius 1 is 1.25 bits per heavy atom. The van der Waals surface area contributed by atoms with Crippen molar-refractivity contribution in [1.82, 2.24) is 5.32 Å². The fourth-order valence-corrected chi connectivity index (χ4v) is 1.98. The summed E-state index contributed by atoms with van der Waals surface area (Å²) in [7, 11) is 0. The second kappa shape index (κ2) is 8.27. The first-order chi connectivity index (χ1) is 9.44. The molecule has 1 N–H and O–H groups in total. The summed E-state index contributed by atoms with van der Waals surface area (Å²) in [5.41, 5.74) is 2.12. The maximum absolute atomic E-state index is 12.1. The van der Waals surface area contributed by atoms with E-state index in [4.69, 9.17) is 4.74 Å². The van der Waals surface area contributed by atoms with Gasteiger partial charge in [0.1, 0.15) is 0 Å². The zero-order valence-electron chi connectivity index (χ0n) is 12.0. The number of ether oxygens (including phenoxy) is 1. The van der Waals surface area contributed by atoms with Crippen LogP contribution < -0.4 is 5.32 Å². The summed E-state index contributed by atoms with van der Waals surface area (Å²) >= 11 is 0. The molecule has 0 heterocycles. The summed E-state index contributed by atoms with van der Waals surface area (Å²) in [4.78, 5) is 0. The first-order valence-electron chi connectivity index (χ1n) is 6.88. The van der Waals surface area contributed by atoms with Gasteiger partial charge in [-0.15, -0.1) is 0 Å². The summed E-state index contributed by atoms with van der Waals surface area (Å²) < 4.78 is 41.9. The van der Waals surface area contributed by atoms with E-state index in [1.54, 1.807) is 0 Å². The average Bonchev–Trinajstić information content (AvgIpc) is 2.38. The minimum absolute atomic E-state index is 0.00198. The van der Waals surface area contributed by atoms with Crippen molar-refractivity contribution in [2.75, 3.05) is 19.7 Å². The van der Waals surface area contributed by atoms with Gasteiger partial charge in [0.15, 0.2) is 0 Å². The predicted octanol–water partition coefficient (Wildman–Crippen LogP) is 4.00. The van der Waals surface area contributed by atoms with Crippen LogP contribution in [-0.4, -0.2) is 25.9 Å². The third-order valence-electron chi connectivity index (χ3n) is 3.04. The highest BCUT2D eigenvalue weighted by Crippen LogP contribution is 2.24. The fourth-order valence-electron chi connectivity index (χ4n) is 1.98. The van der Waals surface area contributed by atoms with Crippen molar-refractivity contribution < 1.29 is 17.9 Å². The van der Waals surface area contributed by atoms with E-state index in [9.17, 15) is 13.2 Å². The molecule has 5 heteroatoms. The molecule has 0 radical (unpaired) electrons. The second-order valence-corrected chi connectivity index (χ2v) is 4.74. The molecule has 0 aliphatic carbocycles. The maximum atomic E-state index is 12.1. The molecule has 0 aliphatic heterocycles. The largest absolute Gasteiger partial charge is 0.389 e. The lowest BCUT2D eigenvalue weighted by atomic mass is 10.0. The van der Waals surface area contributed by atoms with Crippen molar-refractivity contribution in [3.63, 3.8) is 0 Å². The number of benzene rings is 1. The van der Waals surface area contributed by atoms with Gasteiger partial charge in [0.25, 0.3) is 0 Å². The summed E-state index contributed by atoms with van der Waals surface area (Å²) in [6.45, 7) is 5.48. The van der Waals surface area contributed by atoms with Gasteiger partial charge in [0.05, 0.1) is 6.10 Å². The number of likely N-dealkylation sites (N-methyl/N-ethyl adjacent to an activating group) is 1. The van der Waals surface area contributed by atoms with Crippen LogP contribution in [0, 0.1) is 6.92 Å². The van der Waals surface area contributed by atoms with Crippen LogP contribution in [0.1, 0.15) is 37.0 Å². The predicted molar refractivity (Wildman–Crippen MR) is 73.7 cm³/mol. The topological polar surface area (TPSA) is 21.3 Å².